The van der Waals surface area contributed by atoms with E-state index in [0.717, 1.165) is 23.7 Å². The van der Waals surface area contributed by atoms with Crippen LogP contribution < -0.4 is 15.4 Å². The summed E-state index contributed by atoms with van der Waals surface area (Å²) in [5.74, 6) is -0.844. The third kappa shape index (κ3) is 5.54. The fraction of sp³-hybridized carbons (Fsp3) is 0.846. The number of amides is 2. The van der Waals surface area contributed by atoms with Crippen molar-refractivity contribution in [1.29, 1.82) is 0 Å². The summed E-state index contributed by atoms with van der Waals surface area (Å²) in [5, 5.41) is 5.71. The molecule has 1 aliphatic heterocycles. The smallest absolute Gasteiger partial charge is 0.303 e. The van der Waals surface area contributed by atoms with Gasteiger partial charge in [-0.25, -0.2) is 4.72 Å². The molecule has 0 radical (unpaired) electrons. The maximum atomic E-state index is 12.2. The first-order valence-electron chi connectivity index (χ1n) is 7.41. The van der Waals surface area contributed by atoms with Gasteiger partial charge in [0.15, 0.2) is 0 Å². The van der Waals surface area contributed by atoms with Gasteiger partial charge in [-0.2, -0.15) is 12.7 Å². The zero-order valence-corrected chi connectivity index (χ0v) is 14.4. The quantitative estimate of drug-likeness (QED) is 0.564. The Balaban J connectivity index is 2.74. The summed E-state index contributed by atoms with van der Waals surface area (Å²) >= 11 is 0. The van der Waals surface area contributed by atoms with E-state index in [0.29, 0.717) is 6.42 Å². The summed E-state index contributed by atoms with van der Waals surface area (Å²) in [4.78, 5) is 24.3. The molecule has 0 saturated carbocycles. The molecule has 0 spiro atoms. The van der Waals surface area contributed by atoms with Crippen molar-refractivity contribution in [3.63, 3.8) is 0 Å². The van der Waals surface area contributed by atoms with Crippen LogP contribution in [-0.4, -0.2) is 57.3 Å². The van der Waals surface area contributed by atoms with Crippen LogP contribution >= 0.6 is 0 Å². The topological polar surface area (TPSA) is 108 Å². The molecule has 1 rings (SSSR count). The van der Waals surface area contributed by atoms with Crippen LogP contribution in [0.3, 0.4) is 0 Å². The first-order valence-corrected chi connectivity index (χ1v) is 8.85. The summed E-state index contributed by atoms with van der Waals surface area (Å²) < 4.78 is 26.4. The first kappa shape index (κ1) is 18.9. The molecule has 1 saturated heterocycles. The lowest BCUT2D eigenvalue weighted by atomic mass is 10.0. The lowest BCUT2D eigenvalue weighted by molar-refractivity contribution is -0.129. The normalized spacial score (nSPS) is 20.2. The van der Waals surface area contributed by atoms with Crippen LogP contribution in [-0.2, 0) is 19.8 Å². The lowest BCUT2D eigenvalue weighted by Gasteiger charge is -2.22. The minimum Gasteiger partial charge on any atom is -0.343 e. The minimum atomic E-state index is -3.87. The zero-order valence-electron chi connectivity index (χ0n) is 13.5. The number of nitrogens with one attached hydrogen (secondary N) is 3. The third-order valence-corrected chi connectivity index (χ3v) is 4.85. The summed E-state index contributed by atoms with van der Waals surface area (Å²) in [7, 11) is -1.21. The monoisotopic (exact) mass is 334 g/mol. The first-order chi connectivity index (χ1) is 10.1. The molecule has 1 heterocycles. The Morgan fingerprint density at radius 2 is 1.95 bits per heavy atom. The molecule has 0 aliphatic carbocycles. The van der Waals surface area contributed by atoms with E-state index in [-0.39, 0.29) is 17.9 Å². The average molecular weight is 334 g/mol. The van der Waals surface area contributed by atoms with Crippen LogP contribution in [0.1, 0.15) is 33.1 Å². The number of carbonyl (C=O) groups is 2. The van der Waals surface area contributed by atoms with Gasteiger partial charge in [-0.1, -0.05) is 13.8 Å². The van der Waals surface area contributed by atoms with Crippen molar-refractivity contribution in [3.05, 3.63) is 0 Å². The minimum absolute atomic E-state index is 0.134. The Morgan fingerprint density at radius 1 is 1.32 bits per heavy atom. The molecular weight excluding hydrogens is 308 g/mol. The van der Waals surface area contributed by atoms with Gasteiger partial charge >= 0.3 is 10.2 Å². The van der Waals surface area contributed by atoms with Crippen molar-refractivity contribution in [2.45, 2.75) is 45.2 Å². The number of nitrogens with zero attached hydrogens (tertiary/aromatic N) is 1. The highest BCUT2D eigenvalue weighted by Crippen LogP contribution is 2.09. The van der Waals surface area contributed by atoms with Gasteiger partial charge in [0, 0.05) is 14.1 Å². The molecule has 0 aromatic rings. The maximum absolute atomic E-state index is 12.2. The van der Waals surface area contributed by atoms with E-state index in [1.807, 2.05) is 18.6 Å². The van der Waals surface area contributed by atoms with Crippen molar-refractivity contribution >= 4 is 22.0 Å². The summed E-state index contributed by atoms with van der Waals surface area (Å²) in [5.41, 5.74) is 0. The van der Waals surface area contributed by atoms with Gasteiger partial charge in [-0.3, -0.25) is 9.59 Å². The van der Waals surface area contributed by atoms with E-state index in [9.17, 15) is 18.0 Å². The molecule has 1 fully saturated rings. The standard InChI is InChI=1S/C13H26N4O4S/c1-9(2)8-11(13(19)16-22(20,21)17(3)4)15-12(18)10-6-5-7-14-10/h9-11,14H,5-8H2,1-4H3,(H,15,18)(H,16,19)/t10-,11-/m0/s1. The summed E-state index contributed by atoms with van der Waals surface area (Å²) in [6.07, 6.45) is 2.00. The molecule has 2 amide bonds. The predicted octanol–water partition coefficient (Wildman–Crippen LogP) is -0.808. The zero-order chi connectivity index (χ0) is 16.9. The van der Waals surface area contributed by atoms with Gasteiger partial charge in [-0.15, -0.1) is 0 Å². The van der Waals surface area contributed by atoms with Crippen molar-refractivity contribution < 1.29 is 18.0 Å². The Bertz CT molecular complexity index is 498. The van der Waals surface area contributed by atoms with Crippen molar-refractivity contribution in [2.24, 2.45) is 5.92 Å². The van der Waals surface area contributed by atoms with Crippen LogP contribution in [0.25, 0.3) is 0 Å². The number of rotatable bonds is 7. The van der Waals surface area contributed by atoms with Gasteiger partial charge in [-0.05, 0) is 31.7 Å². The molecule has 128 valence electrons. The molecule has 0 aromatic heterocycles. The molecule has 9 heteroatoms. The number of hydrogen-bond donors (Lipinski definition) is 3. The highest BCUT2D eigenvalue weighted by molar-refractivity contribution is 7.87. The predicted molar refractivity (Wildman–Crippen MR) is 83.2 cm³/mol. The van der Waals surface area contributed by atoms with E-state index in [1.54, 1.807) is 0 Å². The molecule has 0 aromatic carbocycles. The average Bonchev–Trinajstić information content (AvgIpc) is 2.90. The van der Waals surface area contributed by atoms with E-state index in [2.05, 4.69) is 10.6 Å². The van der Waals surface area contributed by atoms with E-state index < -0.39 is 22.2 Å². The molecule has 22 heavy (non-hydrogen) atoms. The Hall–Kier alpha value is -1.19. The number of hydrogen-bond acceptors (Lipinski definition) is 5. The van der Waals surface area contributed by atoms with E-state index in [1.165, 1.54) is 14.1 Å². The van der Waals surface area contributed by atoms with Crippen LogP contribution in [0.15, 0.2) is 0 Å². The van der Waals surface area contributed by atoms with Gasteiger partial charge in [0.1, 0.15) is 6.04 Å². The fourth-order valence-electron chi connectivity index (χ4n) is 2.17. The van der Waals surface area contributed by atoms with E-state index in [4.69, 9.17) is 0 Å². The van der Waals surface area contributed by atoms with Gasteiger partial charge in [0.05, 0.1) is 6.04 Å². The highest BCUT2D eigenvalue weighted by atomic mass is 32.2. The van der Waals surface area contributed by atoms with Crippen LogP contribution in [0.5, 0.6) is 0 Å². The van der Waals surface area contributed by atoms with Crippen LogP contribution in [0, 0.1) is 5.92 Å². The Kier molecular flexibility index (Phi) is 6.76. The summed E-state index contributed by atoms with van der Waals surface area (Å²) in [6, 6.07) is -1.18. The molecule has 0 bridgehead atoms. The second-order valence-electron chi connectivity index (χ2n) is 6.09. The number of carbonyl (C=O) groups excluding carboxylic acids is 2. The Morgan fingerprint density at radius 3 is 2.41 bits per heavy atom. The second-order valence-corrected chi connectivity index (χ2v) is 7.98. The van der Waals surface area contributed by atoms with Crippen molar-refractivity contribution in [1.82, 2.24) is 19.7 Å². The SMILES string of the molecule is CC(C)C[C@H](NC(=O)[C@@H]1CCCN1)C(=O)NS(=O)(=O)N(C)C. The second kappa shape index (κ2) is 7.89. The molecule has 1 aliphatic rings. The fourth-order valence-corrected chi connectivity index (χ4v) is 2.75. The lowest BCUT2D eigenvalue weighted by Crippen LogP contribution is -2.54. The van der Waals surface area contributed by atoms with Gasteiger partial charge in [0.25, 0.3) is 5.91 Å². The largest absolute Gasteiger partial charge is 0.343 e. The van der Waals surface area contributed by atoms with Crippen molar-refractivity contribution in [2.75, 3.05) is 20.6 Å². The molecule has 0 unspecified atom stereocenters. The summed E-state index contributed by atoms with van der Waals surface area (Å²) in [6.45, 7) is 4.58. The third-order valence-electron chi connectivity index (χ3n) is 3.43. The van der Waals surface area contributed by atoms with E-state index >= 15 is 0 Å². The Labute approximate surface area is 132 Å². The molecule has 8 nitrogen and oxygen atoms in total. The van der Waals surface area contributed by atoms with Crippen LogP contribution in [0.4, 0.5) is 0 Å². The van der Waals surface area contributed by atoms with Crippen molar-refractivity contribution in [3.8, 4) is 0 Å². The maximum Gasteiger partial charge on any atom is 0.303 e. The van der Waals surface area contributed by atoms with Crippen LogP contribution in [0.2, 0.25) is 0 Å². The molecular formula is C13H26N4O4S. The molecule has 3 N–H and O–H groups in total. The molecule has 2 atom stereocenters. The van der Waals surface area contributed by atoms with Gasteiger partial charge < -0.3 is 10.6 Å². The van der Waals surface area contributed by atoms with Gasteiger partial charge in [0.2, 0.25) is 5.91 Å². The highest BCUT2D eigenvalue weighted by Gasteiger charge is 2.30.